The maximum Gasteiger partial charge on any atom is 0.325 e. The zero-order valence-corrected chi connectivity index (χ0v) is 17.0. The summed E-state index contributed by atoms with van der Waals surface area (Å²) in [6, 6.07) is -4.15. The van der Waals surface area contributed by atoms with Crippen LogP contribution in [-0.4, -0.2) is 77.1 Å². The quantitative estimate of drug-likeness (QED) is 0.160. The molecule has 0 radical (unpaired) electrons. The molecule has 0 aliphatic carbocycles. The summed E-state index contributed by atoms with van der Waals surface area (Å²) >= 11 is 0. The molecule has 4 atom stereocenters. The van der Waals surface area contributed by atoms with Gasteiger partial charge in [0.1, 0.15) is 18.1 Å². The Labute approximate surface area is 174 Å². The van der Waals surface area contributed by atoms with Crippen LogP contribution < -0.4 is 27.0 Å². The van der Waals surface area contributed by atoms with Crippen LogP contribution >= 0.6 is 0 Å². The number of unbranched alkanes of at least 4 members (excludes halogenated alkanes) is 1. The second-order valence-electron chi connectivity index (χ2n) is 7.22. The maximum atomic E-state index is 12.7. The van der Waals surface area contributed by atoms with Crippen LogP contribution in [0.15, 0.2) is 0 Å². The van der Waals surface area contributed by atoms with Gasteiger partial charge in [-0.25, -0.2) is 0 Å². The molecule has 8 N–H and O–H groups in total. The van der Waals surface area contributed by atoms with Crippen molar-refractivity contribution in [2.45, 2.75) is 69.6 Å². The SMILES string of the molecule is CC(NC(=O)C(CC(=O)O)NC(=O)C(CCCCN)NC(=O)C1CCCN1)C(=O)O. The number of nitrogens with two attached hydrogens (primary N) is 1. The molecule has 170 valence electrons. The molecule has 3 amide bonds. The normalized spacial score (nSPS) is 18.7. The lowest BCUT2D eigenvalue weighted by Gasteiger charge is -2.24. The number of carboxylic acid groups (broad SMARTS) is 2. The Kier molecular flexibility index (Phi) is 10.8. The summed E-state index contributed by atoms with van der Waals surface area (Å²) in [5.74, 6) is -4.66. The predicted molar refractivity (Wildman–Crippen MR) is 105 cm³/mol. The average molecular weight is 429 g/mol. The van der Waals surface area contributed by atoms with Gasteiger partial charge in [0.05, 0.1) is 12.5 Å². The lowest BCUT2D eigenvalue weighted by atomic mass is 10.1. The van der Waals surface area contributed by atoms with Gasteiger partial charge in [-0.2, -0.15) is 0 Å². The number of carbonyl (C=O) groups is 5. The van der Waals surface area contributed by atoms with Gasteiger partial charge in [0, 0.05) is 0 Å². The van der Waals surface area contributed by atoms with E-state index in [1.54, 1.807) is 0 Å². The Morgan fingerprint density at radius 2 is 1.70 bits per heavy atom. The molecule has 0 saturated carbocycles. The summed E-state index contributed by atoms with van der Waals surface area (Å²) in [7, 11) is 0. The Hall–Kier alpha value is -2.73. The number of rotatable bonds is 13. The molecule has 4 unspecified atom stereocenters. The van der Waals surface area contributed by atoms with Crippen molar-refractivity contribution in [3.8, 4) is 0 Å². The van der Waals surface area contributed by atoms with Gasteiger partial charge in [-0.1, -0.05) is 0 Å². The van der Waals surface area contributed by atoms with Crippen LogP contribution in [0.4, 0.5) is 0 Å². The minimum atomic E-state index is -1.49. The van der Waals surface area contributed by atoms with Crippen molar-refractivity contribution < 1.29 is 34.2 Å². The third-order valence-corrected chi connectivity index (χ3v) is 4.70. The number of carbonyl (C=O) groups excluding carboxylic acids is 3. The van der Waals surface area contributed by atoms with Gasteiger partial charge in [0.2, 0.25) is 17.7 Å². The minimum absolute atomic E-state index is 0.258. The van der Waals surface area contributed by atoms with E-state index in [4.69, 9.17) is 15.9 Å². The Balaban J connectivity index is 2.84. The second kappa shape index (κ2) is 12.8. The second-order valence-corrected chi connectivity index (χ2v) is 7.22. The van der Waals surface area contributed by atoms with Crippen LogP contribution in [0.25, 0.3) is 0 Å². The van der Waals surface area contributed by atoms with Crippen molar-refractivity contribution >= 4 is 29.7 Å². The third-order valence-electron chi connectivity index (χ3n) is 4.70. The molecule has 12 heteroatoms. The maximum absolute atomic E-state index is 12.7. The van der Waals surface area contributed by atoms with Gasteiger partial charge in [0.25, 0.3) is 0 Å². The fraction of sp³-hybridized carbons (Fsp3) is 0.722. The van der Waals surface area contributed by atoms with Gasteiger partial charge in [-0.3, -0.25) is 24.0 Å². The van der Waals surface area contributed by atoms with E-state index in [2.05, 4.69) is 21.3 Å². The molecule has 1 aliphatic rings. The van der Waals surface area contributed by atoms with E-state index in [9.17, 15) is 24.0 Å². The summed E-state index contributed by atoms with van der Waals surface area (Å²) in [4.78, 5) is 59.4. The number of amides is 3. The smallest absolute Gasteiger partial charge is 0.325 e. The number of hydrogen-bond acceptors (Lipinski definition) is 7. The molecule has 1 saturated heterocycles. The highest BCUT2D eigenvalue weighted by atomic mass is 16.4. The van der Waals surface area contributed by atoms with Crippen molar-refractivity contribution in [3.63, 3.8) is 0 Å². The molecule has 1 aliphatic heterocycles. The molecule has 0 aromatic rings. The first-order chi connectivity index (χ1) is 14.1. The Bertz CT molecular complexity index is 636. The van der Waals surface area contributed by atoms with E-state index in [0.717, 1.165) is 6.42 Å². The van der Waals surface area contributed by atoms with Crippen molar-refractivity contribution in [3.05, 3.63) is 0 Å². The zero-order valence-electron chi connectivity index (χ0n) is 17.0. The summed E-state index contributed by atoms with van der Waals surface area (Å²) < 4.78 is 0. The number of hydrogen-bond donors (Lipinski definition) is 7. The van der Waals surface area contributed by atoms with Crippen LogP contribution in [0.2, 0.25) is 0 Å². The highest BCUT2D eigenvalue weighted by molar-refractivity contribution is 5.95. The molecule has 12 nitrogen and oxygen atoms in total. The number of nitrogens with one attached hydrogen (secondary N) is 4. The highest BCUT2D eigenvalue weighted by Gasteiger charge is 2.31. The number of carboxylic acids is 2. The molecule has 30 heavy (non-hydrogen) atoms. The molecule has 1 fully saturated rings. The number of aliphatic carboxylic acids is 2. The fourth-order valence-corrected chi connectivity index (χ4v) is 2.97. The first-order valence-electron chi connectivity index (χ1n) is 9.94. The molecule has 1 rings (SSSR count). The van der Waals surface area contributed by atoms with Crippen molar-refractivity contribution in [1.82, 2.24) is 21.3 Å². The monoisotopic (exact) mass is 429 g/mol. The van der Waals surface area contributed by atoms with Crippen molar-refractivity contribution in [2.75, 3.05) is 13.1 Å². The first kappa shape index (κ1) is 25.3. The summed E-state index contributed by atoms with van der Waals surface area (Å²) in [6.07, 6.45) is 2.16. The molecule has 0 spiro atoms. The average Bonchev–Trinajstić information content (AvgIpc) is 3.21. The molecular weight excluding hydrogens is 398 g/mol. The van der Waals surface area contributed by atoms with E-state index >= 15 is 0 Å². The molecular formula is C18H31N5O7. The zero-order chi connectivity index (χ0) is 22.7. The lowest BCUT2D eigenvalue weighted by molar-refractivity contribution is -0.143. The largest absolute Gasteiger partial charge is 0.481 e. The van der Waals surface area contributed by atoms with Crippen LogP contribution in [0, 0.1) is 0 Å². The summed E-state index contributed by atoms with van der Waals surface area (Å²) in [5.41, 5.74) is 5.47. The van der Waals surface area contributed by atoms with E-state index < -0.39 is 54.3 Å². The highest BCUT2D eigenvalue weighted by Crippen LogP contribution is 2.08. The Morgan fingerprint density at radius 1 is 1.03 bits per heavy atom. The van der Waals surface area contributed by atoms with E-state index in [0.29, 0.717) is 32.4 Å². The molecule has 0 aromatic carbocycles. The minimum Gasteiger partial charge on any atom is -0.481 e. The van der Waals surface area contributed by atoms with Crippen molar-refractivity contribution in [2.24, 2.45) is 5.73 Å². The summed E-state index contributed by atoms with van der Waals surface area (Å²) in [6.45, 7) is 2.32. The summed E-state index contributed by atoms with van der Waals surface area (Å²) in [5, 5.41) is 28.1. The van der Waals surface area contributed by atoms with Gasteiger partial charge in [-0.05, 0) is 52.1 Å². The van der Waals surface area contributed by atoms with Crippen LogP contribution in [0.1, 0.15) is 45.4 Å². The first-order valence-corrected chi connectivity index (χ1v) is 9.94. The van der Waals surface area contributed by atoms with Crippen LogP contribution in [0.5, 0.6) is 0 Å². The fourth-order valence-electron chi connectivity index (χ4n) is 2.97. The van der Waals surface area contributed by atoms with Crippen molar-refractivity contribution in [1.29, 1.82) is 0 Å². The van der Waals surface area contributed by atoms with E-state index in [1.807, 2.05) is 0 Å². The van der Waals surface area contributed by atoms with E-state index in [1.165, 1.54) is 6.92 Å². The van der Waals surface area contributed by atoms with Gasteiger partial charge >= 0.3 is 11.9 Å². The van der Waals surface area contributed by atoms with Crippen LogP contribution in [-0.2, 0) is 24.0 Å². The molecule has 0 aromatic heterocycles. The van der Waals surface area contributed by atoms with E-state index in [-0.39, 0.29) is 12.3 Å². The third kappa shape index (κ3) is 8.74. The van der Waals surface area contributed by atoms with Crippen LogP contribution in [0.3, 0.4) is 0 Å². The Morgan fingerprint density at radius 3 is 2.23 bits per heavy atom. The van der Waals surface area contributed by atoms with Gasteiger partial charge in [0.15, 0.2) is 0 Å². The lowest BCUT2D eigenvalue weighted by Crippen LogP contribution is -2.57. The molecule has 1 heterocycles. The van der Waals surface area contributed by atoms with Gasteiger partial charge < -0.3 is 37.2 Å². The topological polar surface area (TPSA) is 200 Å². The standard InChI is InChI=1S/C18H31N5O7/c1-10(18(29)30)21-17(28)13(9-14(24)25)23-16(27)12(5-2-3-7-19)22-15(26)11-6-4-8-20-11/h10-13,20H,2-9,19H2,1H3,(H,21,28)(H,22,26)(H,23,27)(H,24,25)(H,29,30). The predicted octanol–water partition coefficient (Wildman–Crippen LogP) is -2.10. The van der Waals surface area contributed by atoms with Gasteiger partial charge in [-0.15, -0.1) is 0 Å². The molecule has 0 bridgehead atoms.